The first-order valence-electron chi connectivity index (χ1n) is 10.6. The Morgan fingerprint density at radius 3 is 2.86 bits per heavy atom. The maximum Gasteiger partial charge on any atom is 0.243 e. The third-order valence-electron chi connectivity index (χ3n) is 5.26. The third kappa shape index (κ3) is 6.49. The number of likely N-dealkylation sites (N-methyl/N-ethyl adjacent to an activating group) is 1. The Kier molecular flexibility index (Phi) is 8.73. The van der Waals surface area contributed by atoms with Gasteiger partial charge in [-0.2, -0.15) is 5.10 Å². The van der Waals surface area contributed by atoms with Crippen LogP contribution in [0.15, 0.2) is 4.99 Å². The zero-order chi connectivity index (χ0) is 20.5. The fourth-order valence-electron chi connectivity index (χ4n) is 3.40. The van der Waals surface area contributed by atoms with Crippen molar-refractivity contribution in [2.24, 2.45) is 10.9 Å². The van der Waals surface area contributed by atoms with Gasteiger partial charge in [0.1, 0.15) is 18.2 Å². The molecule has 8 nitrogen and oxygen atoms in total. The molecule has 1 amide bonds. The predicted octanol–water partition coefficient (Wildman–Crippen LogP) is 2.26. The van der Waals surface area contributed by atoms with Crippen molar-refractivity contribution in [1.29, 1.82) is 0 Å². The summed E-state index contributed by atoms with van der Waals surface area (Å²) < 4.78 is 1.98. The lowest BCUT2D eigenvalue weighted by Gasteiger charge is -2.26. The average Bonchev–Trinajstić information content (AvgIpc) is 3.06. The number of rotatable bonds is 9. The van der Waals surface area contributed by atoms with E-state index in [-0.39, 0.29) is 18.5 Å². The lowest BCUT2D eigenvalue weighted by molar-refractivity contribution is -0.127. The summed E-state index contributed by atoms with van der Waals surface area (Å²) in [6.45, 7) is 8.27. The lowest BCUT2D eigenvalue weighted by Crippen LogP contribution is -2.44. The first-order chi connectivity index (χ1) is 13.4. The lowest BCUT2D eigenvalue weighted by atomic mass is 9.99. The highest BCUT2D eigenvalue weighted by Crippen LogP contribution is 2.22. The Bertz CT molecular complexity index is 653. The van der Waals surface area contributed by atoms with Gasteiger partial charge < -0.3 is 15.5 Å². The first-order valence-corrected chi connectivity index (χ1v) is 10.6. The standard InChI is InChI=1S/C20H37N7O/c1-6-8-10-16(7-2)13-21-20(22-14-18(28)26(4)5)24-17-11-9-12-27-19(17)23-15(3)25-27/h16-17H,6-14H2,1-5H3,(H2,21,22,24). The minimum Gasteiger partial charge on any atom is -0.356 e. The summed E-state index contributed by atoms with van der Waals surface area (Å²) in [5.74, 6) is 3.03. The number of aliphatic imine (C=N–C) groups is 1. The van der Waals surface area contributed by atoms with Crippen molar-refractivity contribution in [2.75, 3.05) is 27.2 Å². The van der Waals surface area contributed by atoms with E-state index in [9.17, 15) is 4.79 Å². The van der Waals surface area contributed by atoms with Crippen LogP contribution in [0.3, 0.4) is 0 Å². The van der Waals surface area contributed by atoms with Crippen molar-refractivity contribution in [3.05, 3.63) is 11.6 Å². The zero-order valence-electron chi connectivity index (χ0n) is 18.2. The molecule has 2 rings (SSSR count). The van der Waals surface area contributed by atoms with Crippen molar-refractivity contribution in [2.45, 2.75) is 71.9 Å². The molecule has 1 aliphatic heterocycles. The number of carbonyl (C=O) groups excluding carboxylic acids is 1. The van der Waals surface area contributed by atoms with Crippen LogP contribution in [-0.2, 0) is 11.3 Å². The second kappa shape index (κ2) is 11.0. The Labute approximate surface area is 169 Å². The Morgan fingerprint density at radius 1 is 1.39 bits per heavy atom. The molecule has 8 heteroatoms. The number of nitrogens with one attached hydrogen (secondary N) is 2. The van der Waals surface area contributed by atoms with Gasteiger partial charge in [0.05, 0.1) is 6.04 Å². The molecular weight excluding hydrogens is 354 g/mol. The van der Waals surface area contributed by atoms with Crippen LogP contribution in [0.5, 0.6) is 0 Å². The average molecular weight is 392 g/mol. The number of unbranched alkanes of at least 4 members (excludes halogenated alkanes) is 1. The molecule has 0 fully saturated rings. The van der Waals surface area contributed by atoms with Crippen LogP contribution in [-0.4, -0.2) is 58.7 Å². The molecule has 158 valence electrons. The van der Waals surface area contributed by atoms with Crippen LogP contribution < -0.4 is 10.6 Å². The number of hydrogen-bond acceptors (Lipinski definition) is 4. The SMILES string of the molecule is CCCCC(CC)CNC(=NCC(=O)N(C)C)NC1CCCn2nc(C)nc21. The number of aromatic nitrogens is 3. The molecule has 1 aliphatic rings. The van der Waals surface area contributed by atoms with Crippen LogP contribution in [0.25, 0.3) is 0 Å². The summed E-state index contributed by atoms with van der Waals surface area (Å²) in [5.41, 5.74) is 0. The molecule has 0 radical (unpaired) electrons. The number of fused-ring (bicyclic) bond motifs is 1. The van der Waals surface area contributed by atoms with E-state index in [1.165, 1.54) is 19.3 Å². The highest BCUT2D eigenvalue weighted by molar-refractivity contribution is 5.85. The smallest absolute Gasteiger partial charge is 0.243 e. The number of hydrogen-bond donors (Lipinski definition) is 2. The second-order valence-corrected chi connectivity index (χ2v) is 7.83. The topological polar surface area (TPSA) is 87.4 Å². The first kappa shape index (κ1) is 22.2. The third-order valence-corrected chi connectivity index (χ3v) is 5.26. The molecular formula is C20H37N7O. The van der Waals surface area contributed by atoms with E-state index < -0.39 is 0 Å². The molecule has 2 heterocycles. The summed E-state index contributed by atoms with van der Waals surface area (Å²) in [6.07, 6.45) is 6.82. The van der Waals surface area contributed by atoms with Crippen LogP contribution in [0.1, 0.15) is 70.1 Å². The summed E-state index contributed by atoms with van der Waals surface area (Å²) in [5, 5.41) is 11.4. The van der Waals surface area contributed by atoms with Gasteiger partial charge in [-0.15, -0.1) is 0 Å². The van der Waals surface area contributed by atoms with Crippen molar-refractivity contribution in [3.8, 4) is 0 Å². The fraction of sp³-hybridized carbons (Fsp3) is 0.800. The molecule has 1 aromatic heterocycles. The normalized spacial score (nSPS) is 17.8. The van der Waals surface area contributed by atoms with E-state index in [1.807, 2.05) is 11.6 Å². The van der Waals surface area contributed by atoms with E-state index >= 15 is 0 Å². The molecule has 2 unspecified atom stereocenters. The zero-order valence-corrected chi connectivity index (χ0v) is 18.2. The Hall–Kier alpha value is -2.12. The van der Waals surface area contributed by atoms with Gasteiger partial charge in [-0.25, -0.2) is 14.7 Å². The van der Waals surface area contributed by atoms with Gasteiger partial charge in [0.25, 0.3) is 0 Å². The fourth-order valence-corrected chi connectivity index (χ4v) is 3.40. The van der Waals surface area contributed by atoms with Gasteiger partial charge in [0.2, 0.25) is 5.91 Å². The molecule has 2 atom stereocenters. The molecule has 0 saturated carbocycles. The van der Waals surface area contributed by atoms with Gasteiger partial charge in [0, 0.05) is 27.2 Å². The number of nitrogens with zero attached hydrogens (tertiary/aromatic N) is 5. The molecule has 0 saturated heterocycles. The molecule has 0 aromatic carbocycles. The van der Waals surface area contributed by atoms with Crippen LogP contribution in [0.4, 0.5) is 0 Å². The molecule has 2 N–H and O–H groups in total. The summed E-state index contributed by atoms with van der Waals surface area (Å²) >= 11 is 0. The summed E-state index contributed by atoms with van der Waals surface area (Å²) in [4.78, 5) is 22.7. The molecule has 28 heavy (non-hydrogen) atoms. The van der Waals surface area contributed by atoms with Crippen LogP contribution in [0, 0.1) is 12.8 Å². The minimum atomic E-state index is -0.0122. The largest absolute Gasteiger partial charge is 0.356 e. The van der Waals surface area contributed by atoms with Gasteiger partial charge in [0.15, 0.2) is 5.96 Å². The Morgan fingerprint density at radius 2 is 2.18 bits per heavy atom. The number of amides is 1. The van der Waals surface area contributed by atoms with Crippen LogP contribution >= 0.6 is 0 Å². The number of guanidine groups is 1. The van der Waals surface area contributed by atoms with Gasteiger partial charge in [-0.1, -0.05) is 33.1 Å². The van der Waals surface area contributed by atoms with E-state index in [0.717, 1.165) is 44.0 Å². The van der Waals surface area contributed by atoms with Crippen molar-refractivity contribution in [1.82, 2.24) is 30.3 Å². The van der Waals surface area contributed by atoms with Crippen molar-refractivity contribution < 1.29 is 4.79 Å². The Balaban J connectivity index is 2.07. The van der Waals surface area contributed by atoms with E-state index in [4.69, 9.17) is 0 Å². The molecule has 0 bridgehead atoms. The number of carbonyl (C=O) groups is 1. The summed E-state index contributed by atoms with van der Waals surface area (Å²) in [6, 6.07) is 0.0615. The maximum atomic E-state index is 12.0. The number of aryl methyl sites for hydroxylation is 2. The maximum absolute atomic E-state index is 12.0. The van der Waals surface area contributed by atoms with E-state index in [2.05, 4.69) is 39.6 Å². The van der Waals surface area contributed by atoms with Crippen molar-refractivity contribution in [3.63, 3.8) is 0 Å². The molecule has 0 spiro atoms. The van der Waals surface area contributed by atoms with E-state index in [1.54, 1.807) is 19.0 Å². The van der Waals surface area contributed by atoms with Gasteiger partial charge in [-0.3, -0.25) is 4.79 Å². The quantitative estimate of drug-likeness (QED) is 0.498. The highest BCUT2D eigenvalue weighted by Gasteiger charge is 2.24. The van der Waals surface area contributed by atoms with E-state index in [0.29, 0.717) is 11.9 Å². The highest BCUT2D eigenvalue weighted by atomic mass is 16.2. The van der Waals surface area contributed by atoms with Gasteiger partial charge in [-0.05, 0) is 32.1 Å². The van der Waals surface area contributed by atoms with Gasteiger partial charge >= 0.3 is 0 Å². The molecule has 1 aromatic rings. The van der Waals surface area contributed by atoms with Crippen molar-refractivity contribution >= 4 is 11.9 Å². The van der Waals surface area contributed by atoms with Crippen LogP contribution in [0.2, 0.25) is 0 Å². The summed E-state index contributed by atoms with van der Waals surface area (Å²) in [7, 11) is 3.51. The second-order valence-electron chi connectivity index (χ2n) is 7.83. The minimum absolute atomic E-state index is 0.0122. The molecule has 0 aliphatic carbocycles. The predicted molar refractivity (Wildman–Crippen MR) is 112 cm³/mol. The monoisotopic (exact) mass is 391 g/mol.